The summed E-state index contributed by atoms with van der Waals surface area (Å²) in [7, 11) is 0. The van der Waals surface area contributed by atoms with Gasteiger partial charge in [-0.05, 0) is 26.8 Å². The average Bonchev–Trinajstić information content (AvgIpc) is 3.30. The highest BCUT2D eigenvalue weighted by atomic mass is 32.1. The van der Waals surface area contributed by atoms with Crippen LogP contribution in [0.25, 0.3) is 0 Å². The topological polar surface area (TPSA) is 82.6 Å². The van der Waals surface area contributed by atoms with Crippen molar-refractivity contribution < 1.29 is 0 Å². The zero-order valence-corrected chi connectivity index (χ0v) is 15.2. The number of aromatic amines is 1. The maximum atomic E-state index is 4.75. The molecule has 8 heteroatoms. The predicted octanol–water partition coefficient (Wildman–Crippen LogP) is 3.01. The van der Waals surface area contributed by atoms with Gasteiger partial charge in [0.15, 0.2) is 5.13 Å². The lowest BCUT2D eigenvalue weighted by Crippen LogP contribution is -2.21. The van der Waals surface area contributed by atoms with Crippen molar-refractivity contribution in [2.45, 2.75) is 32.7 Å². The molecule has 0 radical (unpaired) electrons. The molecule has 1 fully saturated rings. The van der Waals surface area contributed by atoms with E-state index in [1.807, 2.05) is 32.3 Å². The molecule has 25 heavy (non-hydrogen) atoms. The van der Waals surface area contributed by atoms with E-state index in [2.05, 4.69) is 30.2 Å². The molecular weight excluding hydrogens is 334 g/mol. The van der Waals surface area contributed by atoms with Gasteiger partial charge in [-0.15, -0.1) is 11.3 Å². The highest BCUT2D eigenvalue weighted by molar-refractivity contribution is 7.15. The van der Waals surface area contributed by atoms with Crippen LogP contribution >= 0.6 is 11.3 Å². The van der Waals surface area contributed by atoms with Crippen molar-refractivity contribution in [3.63, 3.8) is 0 Å². The highest BCUT2D eigenvalue weighted by Gasteiger charge is 2.27. The molecule has 3 aromatic heterocycles. The molecule has 0 aliphatic carbocycles. The van der Waals surface area contributed by atoms with E-state index in [0.717, 1.165) is 54.3 Å². The number of rotatable bonds is 5. The minimum absolute atomic E-state index is 0.355. The zero-order chi connectivity index (χ0) is 17.2. The summed E-state index contributed by atoms with van der Waals surface area (Å²) >= 11 is 1.63. The second-order valence-electron chi connectivity index (χ2n) is 6.41. The number of thiazole rings is 1. The Bertz CT molecular complexity index is 843. The molecule has 2 N–H and O–H groups in total. The Morgan fingerprint density at radius 1 is 1.32 bits per heavy atom. The van der Waals surface area contributed by atoms with Gasteiger partial charge in [0.1, 0.15) is 17.5 Å². The summed E-state index contributed by atoms with van der Waals surface area (Å²) in [6.07, 6.45) is 6.60. The summed E-state index contributed by atoms with van der Waals surface area (Å²) < 4.78 is 0. The van der Waals surface area contributed by atoms with Crippen molar-refractivity contribution in [2.24, 2.45) is 0 Å². The summed E-state index contributed by atoms with van der Waals surface area (Å²) in [5.74, 6) is 3.10. The van der Waals surface area contributed by atoms with Gasteiger partial charge < -0.3 is 10.3 Å². The van der Waals surface area contributed by atoms with Crippen molar-refractivity contribution in [1.29, 1.82) is 0 Å². The van der Waals surface area contributed by atoms with Crippen LogP contribution in [0.15, 0.2) is 24.7 Å². The molecule has 1 aliphatic heterocycles. The first kappa shape index (κ1) is 16.2. The Morgan fingerprint density at radius 3 is 3.00 bits per heavy atom. The summed E-state index contributed by atoms with van der Waals surface area (Å²) in [4.78, 5) is 24.8. The van der Waals surface area contributed by atoms with E-state index in [9.17, 15) is 0 Å². The van der Waals surface area contributed by atoms with E-state index < -0.39 is 0 Å². The molecule has 4 rings (SSSR count). The normalized spacial score (nSPS) is 17.9. The molecule has 0 saturated carbocycles. The van der Waals surface area contributed by atoms with Crippen LogP contribution in [0.5, 0.6) is 0 Å². The van der Waals surface area contributed by atoms with Crippen LogP contribution in [0.2, 0.25) is 0 Å². The fourth-order valence-corrected chi connectivity index (χ4v) is 3.81. The van der Waals surface area contributed by atoms with Crippen LogP contribution < -0.4 is 5.32 Å². The quantitative estimate of drug-likeness (QED) is 0.732. The zero-order valence-electron chi connectivity index (χ0n) is 14.4. The maximum Gasteiger partial charge on any atom is 0.188 e. The lowest BCUT2D eigenvalue weighted by atomic mass is 10.1. The first-order valence-corrected chi connectivity index (χ1v) is 9.23. The van der Waals surface area contributed by atoms with Crippen LogP contribution in [-0.4, -0.2) is 42.9 Å². The van der Waals surface area contributed by atoms with Gasteiger partial charge in [0.25, 0.3) is 0 Å². The van der Waals surface area contributed by atoms with Crippen LogP contribution in [0.3, 0.4) is 0 Å². The lowest BCUT2D eigenvalue weighted by molar-refractivity contribution is 0.318. The number of H-pyrrole nitrogens is 1. The van der Waals surface area contributed by atoms with E-state index in [4.69, 9.17) is 4.98 Å². The van der Waals surface area contributed by atoms with Gasteiger partial charge in [-0.1, -0.05) is 0 Å². The Balaban J connectivity index is 1.46. The van der Waals surface area contributed by atoms with Crippen molar-refractivity contribution >= 4 is 22.3 Å². The standard InChI is InChI=1S/C17H21N7S/c1-11-7-14(23-17-20-8-12(2)25-17)22-16(21-11)13-3-6-24(9-13)10-15-18-4-5-19-15/h4-5,7-8,13H,3,6,9-10H2,1-2H3,(H,18,19)(H,20,21,22,23). The minimum Gasteiger partial charge on any atom is -0.348 e. The number of aryl methyl sites for hydroxylation is 2. The molecule has 0 bridgehead atoms. The number of anilines is 2. The second-order valence-corrected chi connectivity index (χ2v) is 7.65. The Kier molecular flexibility index (Phi) is 4.46. The lowest BCUT2D eigenvalue weighted by Gasteiger charge is -2.14. The largest absolute Gasteiger partial charge is 0.348 e. The second kappa shape index (κ2) is 6.89. The summed E-state index contributed by atoms with van der Waals surface area (Å²) in [6.45, 7) is 6.90. The van der Waals surface area contributed by atoms with Crippen molar-refractivity contribution in [3.8, 4) is 0 Å². The third-order valence-corrected chi connectivity index (χ3v) is 5.12. The van der Waals surface area contributed by atoms with E-state index >= 15 is 0 Å². The van der Waals surface area contributed by atoms with E-state index in [1.54, 1.807) is 17.5 Å². The molecule has 1 saturated heterocycles. The molecule has 4 heterocycles. The smallest absolute Gasteiger partial charge is 0.188 e. The Hall–Kier alpha value is -2.32. The number of likely N-dealkylation sites (tertiary alicyclic amines) is 1. The number of hydrogen-bond donors (Lipinski definition) is 2. The van der Waals surface area contributed by atoms with Gasteiger partial charge >= 0.3 is 0 Å². The fraction of sp³-hybridized carbons (Fsp3) is 0.412. The van der Waals surface area contributed by atoms with Gasteiger partial charge in [-0.2, -0.15) is 0 Å². The average molecular weight is 355 g/mol. The number of hydrogen-bond acceptors (Lipinski definition) is 7. The van der Waals surface area contributed by atoms with E-state index in [-0.39, 0.29) is 0 Å². The molecule has 1 unspecified atom stereocenters. The van der Waals surface area contributed by atoms with Gasteiger partial charge in [-0.25, -0.2) is 19.9 Å². The number of aromatic nitrogens is 5. The number of nitrogens with zero attached hydrogens (tertiary/aromatic N) is 5. The molecule has 1 atom stereocenters. The molecule has 130 valence electrons. The number of nitrogens with one attached hydrogen (secondary N) is 2. The molecule has 0 spiro atoms. The first-order valence-electron chi connectivity index (χ1n) is 8.41. The summed E-state index contributed by atoms with van der Waals surface area (Å²) in [5.41, 5.74) is 0.977. The maximum absolute atomic E-state index is 4.75. The van der Waals surface area contributed by atoms with Crippen LogP contribution in [0.1, 0.15) is 34.6 Å². The van der Waals surface area contributed by atoms with E-state index in [1.165, 1.54) is 4.88 Å². The van der Waals surface area contributed by atoms with Crippen molar-refractivity contribution in [3.05, 3.63) is 46.9 Å². The van der Waals surface area contributed by atoms with Gasteiger partial charge in [0.2, 0.25) is 0 Å². The van der Waals surface area contributed by atoms with Crippen molar-refractivity contribution in [1.82, 2.24) is 29.8 Å². The van der Waals surface area contributed by atoms with Crippen LogP contribution in [0, 0.1) is 13.8 Å². The van der Waals surface area contributed by atoms with E-state index in [0.29, 0.717) is 5.92 Å². The Labute approximate surface area is 150 Å². The first-order chi connectivity index (χ1) is 12.2. The molecule has 0 amide bonds. The Morgan fingerprint density at radius 2 is 2.24 bits per heavy atom. The third-order valence-electron chi connectivity index (χ3n) is 4.29. The summed E-state index contributed by atoms with van der Waals surface area (Å²) in [5, 5.41) is 4.17. The van der Waals surface area contributed by atoms with Gasteiger partial charge in [-0.3, -0.25) is 4.90 Å². The molecule has 0 aromatic carbocycles. The number of imidazole rings is 1. The monoisotopic (exact) mass is 355 g/mol. The molecule has 7 nitrogen and oxygen atoms in total. The summed E-state index contributed by atoms with van der Waals surface area (Å²) in [6, 6.07) is 1.97. The predicted molar refractivity (Wildman–Crippen MR) is 98.1 cm³/mol. The molecule has 3 aromatic rings. The van der Waals surface area contributed by atoms with Gasteiger partial charge in [0, 0.05) is 47.7 Å². The third kappa shape index (κ3) is 3.85. The minimum atomic E-state index is 0.355. The fourth-order valence-electron chi connectivity index (χ4n) is 3.14. The van der Waals surface area contributed by atoms with Crippen LogP contribution in [-0.2, 0) is 6.54 Å². The molecule has 1 aliphatic rings. The van der Waals surface area contributed by atoms with Crippen molar-refractivity contribution in [2.75, 3.05) is 18.4 Å². The molecular formula is C17H21N7S. The van der Waals surface area contributed by atoms with Crippen LogP contribution in [0.4, 0.5) is 10.9 Å². The highest BCUT2D eigenvalue weighted by Crippen LogP contribution is 2.28. The SMILES string of the molecule is Cc1cc(Nc2ncc(C)s2)nc(C2CCN(Cc3ncc[nH]3)C2)n1. The van der Waals surface area contributed by atoms with Gasteiger partial charge in [0.05, 0.1) is 6.54 Å².